The van der Waals surface area contributed by atoms with Crippen LogP contribution in [0.3, 0.4) is 0 Å². The van der Waals surface area contributed by atoms with Crippen molar-refractivity contribution in [3.8, 4) is 0 Å². The molecule has 0 radical (unpaired) electrons. The first-order chi connectivity index (χ1) is 11.6. The fraction of sp³-hybridized carbons (Fsp3) is 0.611. The van der Waals surface area contributed by atoms with Crippen molar-refractivity contribution in [1.29, 1.82) is 0 Å². The molecule has 0 bridgehead atoms. The van der Waals surface area contributed by atoms with Crippen LogP contribution in [0.25, 0.3) is 10.2 Å². The van der Waals surface area contributed by atoms with Crippen LogP contribution in [0.5, 0.6) is 0 Å². The fourth-order valence-electron chi connectivity index (χ4n) is 3.80. The summed E-state index contributed by atoms with van der Waals surface area (Å²) < 4.78 is 1.50. The average Bonchev–Trinajstić information content (AvgIpc) is 2.97. The number of hydrogen-bond donors (Lipinski definition) is 0. The Morgan fingerprint density at radius 3 is 2.83 bits per heavy atom. The summed E-state index contributed by atoms with van der Waals surface area (Å²) in [5, 5.41) is 0.761. The van der Waals surface area contributed by atoms with E-state index >= 15 is 0 Å². The summed E-state index contributed by atoms with van der Waals surface area (Å²) in [7, 11) is 0. The highest BCUT2D eigenvalue weighted by Gasteiger charge is 2.23. The number of rotatable bonds is 2. The minimum Gasteiger partial charge on any atom is -0.341 e. The number of aromatic nitrogens is 2. The van der Waals surface area contributed by atoms with Gasteiger partial charge in [-0.2, -0.15) is 0 Å². The summed E-state index contributed by atoms with van der Waals surface area (Å²) in [5.74, 6) is 0.723. The van der Waals surface area contributed by atoms with Crippen LogP contribution in [0.2, 0.25) is 0 Å². The molecule has 0 unspecified atom stereocenters. The maximum absolute atomic E-state index is 12.9. The van der Waals surface area contributed by atoms with E-state index in [9.17, 15) is 9.59 Å². The maximum Gasteiger partial charge on any atom is 0.262 e. The Bertz CT molecular complexity index is 831. The Morgan fingerprint density at radius 1 is 1.29 bits per heavy atom. The lowest BCUT2D eigenvalue weighted by molar-refractivity contribution is -0.133. The van der Waals surface area contributed by atoms with Gasteiger partial charge < -0.3 is 4.90 Å². The molecule has 1 aliphatic heterocycles. The van der Waals surface area contributed by atoms with E-state index in [2.05, 4.69) is 11.9 Å². The van der Waals surface area contributed by atoms with Crippen molar-refractivity contribution in [2.75, 3.05) is 13.1 Å². The molecule has 1 amide bonds. The largest absolute Gasteiger partial charge is 0.341 e. The van der Waals surface area contributed by atoms with Crippen LogP contribution < -0.4 is 5.56 Å². The number of nitrogens with zero attached hydrogens (tertiary/aromatic N) is 3. The summed E-state index contributed by atoms with van der Waals surface area (Å²) in [6.45, 7) is 3.95. The fourth-order valence-corrected chi connectivity index (χ4v) is 5.02. The molecule has 24 heavy (non-hydrogen) atoms. The third-order valence-corrected chi connectivity index (χ3v) is 6.58. The van der Waals surface area contributed by atoms with Gasteiger partial charge in [-0.15, -0.1) is 11.3 Å². The number of piperidine rings is 1. The second kappa shape index (κ2) is 6.31. The van der Waals surface area contributed by atoms with Crippen molar-refractivity contribution in [2.45, 2.75) is 52.0 Å². The average molecular weight is 345 g/mol. The molecule has 1 aliphatic carbocycles. The van der Waals surface area contributed by atoms with E-state index in [1.165, 1.54) is 21.4 Å². The Hall–Kier alpha value is -1.69. The Balaban J connectivity index is 1.62. The van der Waals surface area contributed by atoms with E-state index in [1.807, 2.05) is 4.90 Å². The molecule has 0 atom stereocenters. The number of thiophene rings is 1. The van der Waals surface area contributed by atoms with E-state index in [0.29, 0.717) is 5.92 Å². The predicted octanol–water partition coefficient (Wildman–Crippen LogP) is 2.60. The molecule has 2 aromatic heterocycles. The lowest BCUT2D eigenvalue weighted by atomic mass is 9.97. The normalized spacial score (nSPS) is 18.8. The third-order valence-electron chi connectivity index (χ3n) is 5.38. The second-order valence-electron chi connectivity index (χ2n) is 7.13. The van der Waals surface area contributed by atoms with Crippen molar-refractivity contribution >= 4 is 27.5 Å². The smallest absolute Gasteiger partial charge is 0.262 e. The Labute approximate surface area is 145 Å². The highest BCUT2D eigenvalue weighted by Crippen LogP contribution is 2.33. The van der Waals surface area contributed by atoms with Gasteiger partial charge in [0.25, 0.3) is 5.56 Å². The summed E-state index contributed by atoms with van der Waals surface area (Å²) in [6.07, 6.45) is 8.01. The standard InChI is InChI=1S/C18H23N3O2S/c1-12-6-8-20(9-7-12)15(22)10-21-11-19-17-16(18(21)23)13-4-2-3-5-14(13)24-17/h11-12H,2-10H2,1H3. The number of hydrogen-bond acceptors (Lipinski definition) is 4. The first-order valence-electron chi connectivity index (χ1n) is 8.91. The molecule has 1 fully saturated rings. The monoisotopic (exact) mass is 345 g/mol. The van der Waals surface area contributed by atoms with Gasteiger partial charge in [-0.1, -0.05) is 6.92 Å². The number of carbonyl (C=O) groups is 1. The van der Waals surface area contributed by atoms with Crippen molar-refractivity contribution in [3.63, 3.8) is 0 Å². The van der Waals surface area contributed by atoms with Gasteiger partial charge in [0.1, 0.15) is 11.4 Å². The van der Waals surface area contributed by atoms with Gasteiger partial charge in [-0.3, -0.25) is 14.2 Å². The topological polar surface area (TPSA) is 55.2 Å². The minimum atomic E-state index is -0.0434. The van der Waals surface area contributed by atoms with Gasteiger partial charge in [-0.25, -0.2) is 4.98 Å². The van der Waals surface area contributed by atoms with Crippen LogP contribution in [0.1, 0.15) is 43.0 Å². The molecule has 0 saturated carbocycles. The molecule has 0 aromatic carbocycles. The lowest BCUT2D eigenvalue weighted by Crippen LogP contribution is -2.41. The Morgan fingerprint density at radius 2 is 2.04 bits per heavy atom. The van der Waals surface area contributed by atoms with Crippen LogP contribution in [-0.2, 0) is 24.2 Å². The molecule has 6 heteroatoms. The highest BCUT2D eigenvalue weighted by molar-refractivity contribution is 7.18. The summed E-state index contributed by atoms with van der Waals surface area (Å²) >= 11 is 1.65. The van der Waals surface area contributed by atoms with Gasteiger partial charge in [0.05, 0.1) is 11.7 Å². The SMILES string of the molecule is CC1CCN(C(=O)Cn2cnc3sc4c(c3c2=O)CCCC4)CC1. The van der Waals surface area contributed by atoms with Gasteiger partial charge >= 0.3 is 0 Å². The van der Waals surface area contributed by atoms with E-state index in [-0.39, 0.29) is 18.0 Å². The molecule has 4 rings (SSSR count). The molecule has 3 heterocycles. The highest BCUT2D eigenvalue weighted by atomic mass is 32.1. The molecule has 1 saturated heterocycles. The first-order valence-corrected chi connectivity index (χ1v) is 9.72. The van der Waals surface area contributed by atoms with Crippen LogP contribution in [0.15, 0.2) is 11.1 Å². The van der Waals surface area contributed by atoms with Crippen LogP contribution in [0, 0.1) is 5.92 Å². The van der Waals surface area contributed by atoms with Crippen molar-refractivity contribution in [2.24, 2.45) is 5.92 Å². The zero-order valence-electron chi connectivity index (χ0n) is 14.1. The number of fused-ring (bicyclic) bond motifs is 3. The maximum atomic E-state index is 12.9. The molecule has 0 spiro atoms. The number of amides is 1. The van der Waals surface area contributed by atoms with Gasteiger partial charge in [0, 0.05) is 18.0 Å². The zero-order chi connectivity index (χ0) is 16.7. The van der Waals surface area contributed by atoms with Crippen molar-refractivity contribution in [1.82, 2.24) is 14.5 Å². The van der Waals surface area contributed by atoms with E-state index in [0.717, 1.165) is 55.4 Å². The van der Waals surface area contributed by atoms with Gasteiger partial charge in [-0.05, 0) is 50.0 Å². The summed E-state index contributed by atoms with van der Waals surface area (Å²) in [5.41, 5.74) is 1.14. The minimum absolute atomic E-state index is 0.0363. The van der Waals surface area contributed by atoms with E-state index in [1.54, 1.807) is 17.7 Å². The molecular weight excluding hydrogens is 322 g/mol. The quantitative estimate of drug-likeness (QED) is 0.841. The van der Waals surface area contributed by atoms with Crippen LogP contribution >= 0.6 is 11.3 Å². The summed E-state index contributed by atoms with van der Waals surface area (Å²) in [4.78, 5) is 33.9. The van der Waals surface area contributed by atoms with E-state index in [4.69, 9.17) is 0 Å². The number of likely N-dealkylation sites (tertiary alicyclic amines) is 1. The molecule has 128 valence electrons. The molecule has 0 N–H and O–H groups in total. The number of carbonyl (C=O) groups excluding carboxylic acids is 1. The molecular formula is C18H23N3O2S. The van der Waals surface area contributed by atoms with Crippen molar-refractivity contribution in [3.05, 3.63) is 27.1 Å². The predicted molar refractivity (Wildman–Crippen MR) is 95.5 cm³/mol. The zero-order valence-corrected chi connectivity index (χ0v) is 14.9. The lowest BCUT2D eigenvalue weighted by Gasteiger charge is -2.30. The van der Waals surface area contributed by atoms with Crippen LogP contribution in [0.4, 0.5) is 0 Å². The molecule has 5 nitrogen and oxygen atoms in total. The second-order valence-corrected chi connectivity index (χ2v) is 8.22. The van der Waals surface area contributed by atoms with Gasteiger partial charge in [0.15, 0.2) is 0 Å². The van der Waals surface area contributed by atoms with E-state index < -0.39 is 0 Å². The van der Waals surface area contributed by atoms with Crippen molar-refractivity contribution < 1.29 is 4.79 Å². The molecule has 2 aliphatic rings. The van der Waals surface area contributed by atoms with Gasteiger partial charge in [0.2, 0.25) is 5.91 Å². The first kappa shape index (κ1) is 15.8. The molecule has 2 aromatic rings. The number of aryl methyl sites for hydroxylation is 2. The third kappa shape index (κ3) is 2.77. The van der Waals surface area contributed by atoms with Crippen LogP contribution in [-0.4, -0.2) is 33.4 Å². The summed E-state index contributed by atoms with van der Waals surface area (Å²) in [6, 6.07) is 0. The Kier molecular flexibility index (Phi) is 4.16.